The normalized spacial score (nSPS) is 11.4. The monoisotopic (exact) mass is 344 g/mol. The Balaban J connectivity index is 2.46. The third kappa shape index (κ3) is 3.49. The molecule has 3 N–H and O–H groups in total. The van der Waals surface area contributed by atoms with E-state index in [2.05, 4.69) is 4.72 Å². The first-order chi connectivity index (χ1) is 9.85. The topological polar surface area (TPSA) is 72.2 Å². The molecule has 112 valence electrons. The molecule has 4 nitrogen and oxygen atoms in total. The van der Waals surface area contributed by atoms with E-state index in [0.717, 1.165) is 0 Å². The maximum atomic E-state index is 12.5. The molecule has 0 bridgehead atoms. The highest BCUT2D eigenvalue weighted by atomic mass is 35.5. The average molecular weight is 345 g/mol. The number of benzene rings is 2. The third-order valence-electron chi connectivity index (χ3n) is 3.03. The molecule has 0 fully saturated rings. The lowest BCUT2D eigenvalue weighted by molar-refractivity contribution is 0.601. The van der Waals surface area contributed by atoms with E-state index < -0.39 is 10.0 Å². The Hall–Kier alpha value is -1.27. The molecule has 0 aliphatic heterocycles. The van der Waals surface area contributed by atoms with Gasteiger partial charge < -0.3 is 5.73 Å². The van der Waals surface area contributed by atoms with E-state index in [0.29, 0.717) is 21.8 Å². The van der Waals surface area contributed by atoms with E-state index in [4.69, 9.17) is 28.9 Å². The van der Waals surface area contributed by atoms with Gasteiger partial charge in [0.2, 0.25) is 0 Å². The SMILES string of the molecule is Cc1c(Cl)cccc1NS(=O)(=O)c1cc(CN)ccc1Cl. The number of rotatable bonds is 4. The number of nitrogens with one attached hydrogen (secondary N) is 1. The first kappa shape index (κ1) is 16.1. The van der Waals surface area contributed by atoms with Gasteiger partial charge in [0.1, 0.15) is 4.90 Å². The van der Waals surface area contributed by atoms with Crippen molar-refractivity contribution in [3.63, 3.8) is 0 Å². The molecule has 7 heteroatoms. The molecule has 0 spiro atoms. The molecule has 2 aromatic carbocycles. The van der Waals surface area contributed by atoms with Crippen molar-refractivity contribution in [1.29, 1.82) is 0 Å². The zero-order valence-corrected chi connectivity index (χ0v) is 13.6. The Morgan fingerprint density at radius 3 is 2.52 bits per heavy atom. The number of hydrogen-bond acceptors (Lipinski definition) is 3. The van der Waals surface area contributed by atoms with E-state index in [1.165, 1.54) is 12.1 Å². The molecule has 0 saturated heterocycles. The van der Waals surface area contributed by atoms with Crippen LogP contribution >= 0.6 is 23.2 Å². The van der Waals surface area contributed by atoms with Crippen molar-refractivity contribution >= 4 is 38.9 Å². The van der Waals surface area contributed by atoms with Gasteiger partial charge in [-0.1, -0.05) is 35.3 Å². The molecule has 0 atom stereocenters. The lowest BCUT2D eigenvalue weighted by Crippen LogP contribution is -2.15. The van der Waals surface area contributed by atoms with Crippen LogP contribution in [0.4, 0.5) is 5.69 Å². The van der Waals surface area contributed by atoms with Gasteiger partial charge in [0, 0.05) is 11.6 Å². The van der Waals surface area contributed by atoms with Crippen molar-refractivity contribution in [2.24, 2.45) is 5.73 Å². The Labute approximate surface area is 133 Å². The zero-order chi connectivity index (χ0) is 15.6. The van der Waals surface area contributed by atoms with Gasteiger partial charge in [-0.15, -0.1) is 0 Å². The van der Waals surface area contributed by atoms with Gasteiger partial charge in [0.25, 0.3) is 10.0 Å². The maximum absolute atomic E-state index is 12.5. The second-order valence-corrected chi connectivity index (χ2v) is 6.95. The van der Waals surface area contributed by atoms with Gasteiger partial charge >= 0.3 is 0 Å². The number of halogens is 2. The van der Waals surface area contributed by atoms with E-state index in [9.17, 15) is 8.42 Å². The Bertz CT molecular complexity index is 777. The predicted molar refractivity (Wildman–Crippen MR) is 86.3 cm³/mol. The van der Waals surface area contributed by atoms with Crippen LogP contribution in [-0.2, 0) is 16.6 Å². The first-order valence-corrected chi connectivity index (χ1v) is 8.35. The summed E-state index contributed by atoms with van der Waals surface area (Å²) in [5.74, 6) is 0. The van der Waals surface area contributed by atoms with Gasteiger partial charge in [0.05, 0.1) is 10.7 Å². The fraction of sp³-hybridized carbons (Fsp3) is 0.143. The fourth-order valence-corrected chi connectivity index (χ4v) is 3.65. The van der Waals surface area contributed by atoms with Crippen molar-refractivity contribution in [2.45, 2.75) is 18.4 Å². The molecule has 0 radical (unpaired) electrons. The van der Waals surface area contributed by atoms with E-state index in [1.54, 1.807) is 31.2 Å². The van der Waals surface area contributed by atoms with Crippen LogP contribution in [0.25, 0.3) is 0 Å². The second-order valence-electron chi connectivity index (χ2n) is 4.49. The summed E-state index contributed by atoms with van der Waals surface area (Å²) in [6.07, 6.45) is 0. The van der Waals surface area contributed by atoms with E-state index >= 15 is 0 Å². The van der Waals surface area contributed by atoms with Crippen molar-refractivity contribution in [2.75, 3.05) is 4.72 Å². The number of nitrogens with two attached hydrogens (primary N) is 1. The van der Waals surface area contributed by atoms with Gasteiger partial charge in [0.15, 0.2) is 0 Å². The summed E-state index contributed by atoms with van der Waals surface area (Å²) in [6, 6.07) is 9.67. The summed E-state index contributed by atoms with van der Waals surface area (Å²) >= 11 is 12.0. The average Bonchev–Trinajstić information content (AvgIpc) is 2.44. The molecule has 0 saturated carbocycles. The molecule has 0 amide bonds. The first-order valence-electron chi connectivity index (χ1n) is 6.11. The minimum atomic E-state index is -3.81. The van der Waals surface area contributed by atoms with Crippen LogP contribution in [0.1, 0.15) is 11.1 Å². The van der Waals surface area contributed by atoms with Crippen LogP contribution in [0, 0.1) is 6.92 Å². The summed E-state index contributed by atoms with van der Waals surface area (Å²) < 4.78 is 27.4. The van der Waals surface area contributed by atoms with Gasteiger partial charge in [-0.3, -0.25) is 4.72 Å². The number of hydrogen-bond donors (Lipinski definition) is 2. The molecule has 0 heterocycles. The van der Waals surface area contributed by atoms with Crippen LogP contribution in [0.15, 0.2) is 41.3 Å². The summed E-state index contributed by atoms with van der Waals surface area (Å²) in [4.78, 5) is -0.00788. The molecule has 0 aliphatic carbocycles. The summed E-state index contributed by atoms with van der Waals surface area (Å²) in [6.45, 7) is 1.97. The Morgan fingerprint density at radius 1 is 1.14 bits per heavy atom. The Kier molecular flexibility index (Phi) is 4.78. The van der Waals surface area contributed by atoms with Gasteiger partial charge in [-0.2, -0.15) is 0 Å². The summed E-state index contributed by atoms with van der Waals surface area (Å²) in [5, 5.41) is 0.622. The molecule has 0 aromatic heterocycles. The van der Waals surface area contributed by atoms with Crippen molar-refractivity contribution in [3.05, 3.63) is 57.6 Å². The second kappa shape index (κ2) is 6.23. The molecular weight excluding hydrogens is 331 g/mol. The smallest absolute Gasteiger partial charge is 0.263 e. The van der Waals surface area contributed by atoms with Gasteiger partial charge in [-0.05, 0) is 42.3 Å². The summed E-state index contributed by atoms with van der Waals surface area (Å²) in [7, 11) is -3.81. The van der Waals surface area contributed by atoms with Crippen molar-refractivity contribution in [3.8, 4) is 0 Å². The molecule has 2 aromatic rings. The van der Waals surface area contributed by atoms with E-state index in [1.807, 2.05) is 0 Å². The molecule has 21 heavy (non-hydrogen) atoms. The standard InChI is InChI=1S/C14H14Cl2N2O2S/c1-9-11(15)3-2-4-13(9)18-21(19,20)14-7-10(8-17)5-6-12(14)16/h2-7,18H,8,17H2,1H3. The van der Waals surface area contributed by atoms with Crippen molar-refractivity contribution in [1.82, 2.24) is 0 Å². The minimum Gasteiger partial charge on any atom is -0.326 e. The molecule has 2 rings (SSSR count). The Morgan fingerprint density at radius 2 is 1.86 bits per heavy atom. The van der Waals surface area contributed by atoms with Crippen LogP contribution in [0.3, 0.4) is 0 Å². The lowest BCUT2D eigenvalue weighted by atomic mass is 10.2. The quantitative estimate of drug-likeness (QED) is 0.890. The molecule has 0 unspecified atom stereocenters. The number of sulfonamides is 1. The van der Waals surface area contributed by atoms with Crippen LogP contribution in [0.2, 0.25) is 10.0 Å². The van der Waals surface area contributed by atoms with Crippen molar-refractivity contribution < 1.29 is 8.42 Å². The molecule has 0 aliphatic rings. The minimum absolute atomic E-state index is 0.00788. The number of anilines is 1. The van der Waals surface area contributed by atoms with Crippen LogP contribution in [-0.4, -0.2) is 8.42 Å². The summed E-state index contributed by atoms with van der Waals surface area (Å²) in [5.41, 5.74) is 7.28. The highest BCUT2D eigenvalue weighted by molar-refractivity contribution is 7.92. The van der Waals surface area contributed by atoms with Crippen LogP contribution in [0.5, 0.6) is 0 Å². The lowest BCUT2D eigenvalue weighted by Gasteiger charge is -2.13. The van der Waals surface area contributed by atoms with Crippen LogP contribution < -0.4 is 10.5 Å². The maximum Gasteiger partial charge on any atom is 0.263 e. The zero-order valence-electron chi connectivity index (χ0n) is 11.2. The fourth-order valence-electron chi connectivity index (χ4n) is 1.80. The highest BCUT2D eigenvalue weighted by Gasteiger charge is 2.19. The van der Waals surface area contributed by atoms with Gasteiger partial charge in [-0.25, -0.2) is 8.42 Å². The van der Waals surface area contributed by atoms with E-state index in [-0.39, 0.29) is 16.5 Å². The largest absolute Gasteiger partial charge is 0.326 e. The highest BCUT2D eigenvalue weighted by Crippen LogP contribution is 2.28. The third-order valence-corrected chi connectivity index (χ3v) is 5.29. The molecular formula is C14H14Cl2N2O2S. The predicted octanol–water partition coefficient (Wildman–Crippen LogP) is 3.56.